The highest BCUT2D eigenvalue weighted by Crippen LogP contribution is 2.27. The van der Waals surface area contributed by atoms with Crippen LogP contribution in [0.2, 0.25) is 0 Å². The molecule has 0 aliphatic carbocycles. The van der Waals surface area contributed by atoms with Crippen LogP contribution in [0.1, 0.15) is 12.8 Å². The predicted octanol–water partition coefficient (Wildman–Crippen LogP) is 1.81. The SMILES string of the molecule is CNC(=O)C1CCN(c2ncccc2Br)CC1. The third-order valence-corrected chi connectivity index (χ3v) is 3.77. The zero-order valence-electron chi connectivity index (χ0n) is 9.82. The highest BCUT2D eigenvalue weighted by atomic mass is 79.9. The van der Waals surface area contributed by atoms with Crippen molar-refractivity contribution in [3.63, 3.8) is 0 Å². The van der Waals surface area contributed by atoms with Gasteiger partial charge in [-0.15, -0.1) is 0 Å². The Balaban J connectivity index is 2.00. The molecule has 1 aromatic rings. The number of nitrogens with one attached hydrogen (secondary N) is 1. The molecule has 0 bridgehead atoms. The first-order chi connectivity index (χ1) is 8.22. The molecular weight excluding hydrogens is 282 g/mol. The second-order valence-electron chi connectivity index (χ2n) is 4.18. The molecule has 4 nitrogen and oxygen atoms in total. The van der Waals surface area contributed by atoms with Gasteiger partial charge in [-0.3, -0.25) is 4.79 Å². The van der Waals surface area contributed by atoms with Gasteiger partial charge in [-0.05, 0) is 40.9 Å². The molecule has 2 heterocycles. The van der Waals surface area contributed by atoms with Crippen molar-refractivity contribution in [2.24, 2.45) is 5.92 Å². The van der Waals surface area contributed by atoms with Crippen molar-refractivity contribution < 1.29 is 4.79 Å². The molecule has 0 saturated carbocycles. The number of carbonyl (C=O) groups excluding carboxylic acids is 1. The van der Waals surface area contributed by atoms with Crippen LogP contribution >= 0.6 is 15.9 Å². The lowest BCUT2D eigenvalue weighted by atomic mass is 9.96. The summed E-state index contributed by atoms with van der Waals surface area (Å²) in [6, 6.07) is 3.90. The molecule has 0 spiro atoms. The Morgan fingerprint density at radius 2 is 2.24 bits per heavy atom. The molecular formula is C12H16BrN3O. The fourth-order valence-corrected chi connectivity index (χ4v) is 2.67. The number of rotatable bonds is 2. The quantitative estimate of drug-likeness (QED) is 0.905. The summed E-state index contributed by atoms with van der Waals surface area (Å²) in [6.45, 7) is 1.77. The van der Waals surface area contributed by atoms with E-state index in [9.17, 15) is 4.79 Å². The number of hydrogen-bond donors (Lipinski definition) is 1. The maximum Gasteiger partial charge on any atom is 0.222 e. The van der Waals surface area contributed by atoms with Crippen LogP contribution in [-0.4, -0.2) is 31.0 Å². The average Bonchev–Trinajstić information content (AvgIpc) is 2.39. The number of halogens is 1. The first-order valence-electron chi connectivity index (χ1n) is 5.79. The van der Waals surface area contributed by atoms with E-state index in [1.54, 1.807) is 13.2 Å². The molecule has 92 valence electrons. The molecule has 1 amide bonds. The zero-order chi connectivity index (χ0) is 12.3. The van der Waals surface area contributed by atoms with Crippen LogP contribution in [0.15, 0.2) is 22.8 Å². The summed E-state index contributed by atoms with van der Waals surface area (Å²) in [5, 5.41) is 2.72. The average molecular weight is 298 g/mol. The minimum Gasteiger partial charge on any atom is -0.359 e. The van der Waals surface area contributed by atoms with Crippen LogP contribution < -0.4 is 10.2 Å². The minimum absolute atomic E-state index is 0.152. The number of pyridine rings is 1. The van der Waals surface area contributed by atoms with E-state index in [0.717, 1.165) is 36.2 Å². The van der Waals surface area contributed by atoms with Crippen LogP contribution in [0.5, 0.6) is 0 Å². The fourth-order valence-electron chi connectivity index (χ4n) is 2.17. The van der Waals surface area contributed by atoms with E-state index in [-0.39, 0.29) is 11.8 Å². The van der Waals surface area contributed by atoms with Crippen molar-refractivity contribution in [1.29, 1.82) is 0 Å². The normalized spacial score (nSPS) is 16.9. The number of carbonyl (C=O) groups is 1. The highest BCUT2D eigenvalue weighted by Gasteiger charge is 2.25. The van der Waals surface area contributed by atoms with Gasteiger partial charge in [0.2, 0.25) is 5.91 Å². The van der Waals surface area contributed by atoms with Gasteiger partial charge in [-0.25, -0.2) is 4.98 Å². The van der Waals surface area contributed by atoms with E-state index in [1.165, 1.54) is 0 Å². The molecule has 2 rings (SSSR count). The van der Waals surface area contributed by atoms with Gasteiger partial charge in [0.05, 0.1) is 4.47 Å². The Bertz CT molecular complexity index is 402. The Morgan fingerprint density at radius 3 is 2.82 bits per heavy atom. The Morgan fingerprint density at radius 1 is 1.53 bits per heavy atom. The molecule has 1 saturated heterocycles. The maximum absolute atomic E-state index is 11.5. The first-order valence-corrected chi connectivity index (χ1v) is 6.58. The molecule has 17 heavy (non-hydrogen) atoms. The van der Waals surface area contributed by atoms with E-state index < -0.39 is 0 Å². The summed E-state index contributed by atoms with van der Waals surface area (Å²) in [4.78, 5) is 18.1. The number of aromatic nitrogens is 1. The van der Waals surface area contributed by atoms with Crippen molar-refractivity contribution in [3.05, 3.63) is 22.8 Å². The van der Waals surface area contributed by atoms with Gasteiger partial charge in [0, 0.05) is 32.3 Å². The monoisotopic (exact) mass is 297 g/mol. The van der Waals surface area contributed by atoms with Crippen molar-refractivity contribution in [1.82, 2.24) is 10.3 Å². The largest absolute Gasteiger partial charge is 0.359 e. The van der Waals surface area contributed by atoms with Gasteiger partial charge in [-0.2, -0.15) is 0 Å². The minimum atomic E-state index is 0.152. The van der Waals surface area contributed by atoms with Crippen molar-refractivity contribution in [2.45, 2.75) is 12.8 Å². The van der Waals surface area contributed by atoms with Crippen molar-refractivity contribution in [3.8, 4) is 0 Å². The number of piperidine rings is 1. The second kappa shape index (κ2) is 5.49. The van der Waals surface area contributed by atoms with Gasteiger partial charge in [0.15, 0.2) is 0 Å². The van der Waals surface area contributed by atoms with Crippen LogP contribution in [0.25, 0.3) is 0 Å². The molecule has 1 N–H and O–H groups in total. The van der Waals surface area contributed by atoms with E-state index in [4.69, 9.17) is 0 Å². The number of hydrogen-bond acceptors (Lipinski definition) is 3. The summed E-state index contributed by atoms with van der Waals surface area (Å²) in [5.74, 6) is 1.28. The van der Waals surface area contributed by atoms with Crippen molar-refractivity contribution >= 4 is 27.7 Å². The lowest BCUT2D eigenvalue weighted by Crippen LogP contribution is -2.40. The van der Waals surface area contributed by atoms with Crippen LogP contribution in [0.3, 0.4) is 0 Å². The van der Waals surface area contributed by atoms with E-state index >= 15 is 0 Å². The lowest BCUT2D eigenvalue weighted by molar-refractivity contribution is -0.125. The Kier molecular flexibility index (Phi) is 3.99. The Hall–Kier alpha value is -1.10. The lowest BCUT2D eigenvalue weighted by Gasteiger charge is -2.32. The molecule has 1 aromatic heterocycles. The molecule has 1 fully saturated rings. The smallest absolute Gasteiger partial charge is 0.222 e. The third-order valence-electron chi connectivity index (χ3n) is 3.15. The van der Waals surface area contributed by atoms with Crippen molar-refractivity contribution in [2.75, 3.05) is 25.0 Å². The fraction of sp³-hybridized carbons (Fsp3) is 0.500. The summed E-state index contributed by atoms with van der Waals surface area (Å²) < 4.78 is 1.01. The van der Waals surface area contributed by atoms with Crippen LogP contribution in [-0.2, 0) is 4.79 Å². The summed E-state index contributed by atoms with van der Waals surface area (Å²) in [7, 11) is 1.70. The van der Waals surface area contributed by atoms with Crippen LogP contribution in [0.4, 0.5) is 5.82 Å². The summed E-state index contributed by atoms with van der Waals surface area (Å²) in [6.07, 6.45) is 3.58. The van der Waals surface area contributed by atoms with Gasteiger partial charge >= 0.3 is 0 Å². The second-order valence-corrected chi connectivity index (χ2v) is 5.04. The molecule has 5 heteroatoms. The van der Waals surface area contributed by atoms with Crippen LogP contribution in [0, 0.1) is 5.92 Å². The molecule has 1 aliphatic rings. The highest BCUT2D eigenvalue weighted by molar-refractivity contribution is 9.10. The predicted molar refractivity (Wildman–Crippen MR) is 70.9 cm³/mol. The molecule has 0 atom stereocenters. The number of nitrogens with zero attached hydrogens (tertiary/aromatic N) is 2. The van der Waals surface area contributed by atoms with E-state index in [0.29, 0.717) is 0 Å². The third kappa shape index (κ3) is 2.77. The van der Waals surface area contributed by atoms with E-state index in [2.05, 4.69) is 31.1 Å². The topological polar surface area (TPSA) is 45.2 Å². The first kappa shape index (κ1) is 12.4. The number of anilines is 1. The molecule has 0 radical (unpaired) electrons. The van der Waals surface area contributed by atoms with Gasteiger partial charge in [0.1, 0.15) is 5.82 Å². The zero-order valence-corrected chi connectivity index (χ0v) is 11.4. The van der Waals surface area contributed by atoms with Gasteiger partial charge < -0.3 is 10.2 Å². The molecule has 0 aromatic carbocycles. The summed E-state index contributed by atoms with van der Waals surface area (Å²) >= 11 is 3.51. The maximum atomic E-state index is 11.5. The Labute approximate surface area is 110 Å². The van der Waals surface area contributed by atoms with E-state index in [1.807, 2.05) is 12.1 Å². The standard InChI is InChI=1S/C12H16BrN3O/c1-14-12(17)9-4-7-16(8-5-9)11-10(13)3-2-6-15-11/h2-3,6,9H,4-5,7-8H2,1H3,(H,14,17). The molecule has 0 unspecified atom stereocenters. The van der Waals surface area contributed by atoms with Gasteiger partial charge in [0.25, 0.3) is 0 Å². The van der Waals surface area contributed by atoms with Gasteiger partial charge in [-0.1, -0.05) is 0 Å². The number of amides is 1. The molecule has 1 aliphatic heterocycles. The summed E-state index contributed by atoms with van der Waals surface area (Å²) in [5.41, 5.74) is 0.